The third kappa shape index (κ3) is 5.75. The first-order valence-electron chi connectivity index (χ1n) is 7.50. The van der Waals surface area contributed by atoms with Crippen LogP contribution in [0.3, 0.4) is 0 Å². The predicted octanol–water partition coefficient (Wildman–Crippen LogP) is 4.12. The molecule has 6 nitrogen and oxygen atoms in total. The first-order valence-corrected chi connectivity index (χ1v) is 10.5. The summed E-state index contributed by atoms with van der Waals surface area (Å²) in [5.74, 6) is -0.574. The topological polar surface area (TPSA) is 90.3 Å². The van der Waals surface area contributed by atoms with Crippen LogP contribution < -0.4 is 9.62 Å². The summed E-state index contributed by atoms with van der Waals surface area (Å²) in [5.41, 5.74) is 1.32. The van der Waals surface area contributed by atoms with Crippen molar-refractivity contribution in [3.63, 3.8) is 0 Å². The maximum atomic E-state index is 12.3. The third-order valence-corrected chi connectivity index (χ3v) is 5.62. The van der Waals surface area contributed by atoms with Gasteiger partial charge < -0.3 is 5.32 Å². The molecule has 0 saturated carbocycles. The molecular formula is C17H14Cl3N3O3S. The van der Waals surface area contributed by atoms with Gasteiger partial charge in [-0.3, -0.25) is 9.10 Å². The molecular weight excluding hydrogens is 433 g/mol. The van der Waals surface area contributed by atoms with E-state index in [0.29, 0.717) is 5.69 Å². The fraction of sp³-hybridized carbons (Fsp3) is 0.176. The number of hydrogen-bond donors (Lipinski definition) is 1. The zero-order valence-corrected chi connectivity index (χ0v) is 17.1. The van der Waals surface area contributed by atoms with E-state index in [9.17, 15) is 13.2 Å². The Balaban J connectivity index is 2.23. The summed E-state index contributed by atoms with van der Waals surface area (Å²) in [6.07, 6.45) is 1.21. The Bertz CT molecular complexity index is 1000. The number of carbonyl (C=O) groups is 1. The molecule has 1 amide bonds. The SMILES string of the molecule is CS(=O)(=O)N(CC(=O)Nc1ccc(CC#N)cc1)c1cc(Cl)c(Cl)cc1Cl. The van der Waals surface area contributed by atoms with Crippen LogP contribution in [0.1, 0.15) is 5.56 Å². The predicted molar refractivity (Wildman–Crippen MR) is 108 cm³/mol. The lowest BCUT2D eigenvalue weighted by Crippen LogP contribution is -2.37. The second-order valence-corrected chi connectivity index (χ2v) is 8.70. The molecule has 2 rings (SSSR count). The van der Waals surface area contributed by atoms with Gasteiger partial charge in [0.05, 0.1) is 39.5 Å². The zero-order valence-electron chi connectivity index (χ0n) is 14.0. The van der Waals surface area contributed by atoms with Crippen molar-refractivity contribution in [2.24, 2.45) is 0 Å². The van der Waals surface area contributed by atoms with Crippen molar-refractivity contribution in [3.05, 3.63) is 57.0 Å². The van der Waals surface area contributed by atoms with E-state index < -0.39 is 22.5 Å². The summed E-state index contributed by atoms with van der Waals surface area (Å²) in [5, 5.41) is 11.6. The molecule has 0 radical (unpaired) electrons. The lowest BCUT2D eigenvalue weighted by atomic mass is 10.1. The summed E-state index contributed by atoms with van der Waals surface area (Å²) >= 11 is 17.9. The number of halogens is 3. The Hall–Kier alpha value is -1.98. The van der Waals surface area contributed by atoms with Crippen LogP contribution in [0.4, 0.5) is 11.4 Å². The largest absolute Gasteiger partial charge is 0.325 e. The van der Waals surface area contributed by atoms with Gasteiger partial charge in [0.1, 0.15) is 6.54 Å². The number of anilines is 2. The van der Waals surface area contributed by atoms with E-state index in [0.717, 1.165) is 16.1 Å². The standard InChI is InChI=1S/C17H14Cl3N3O3S/c1-27(25,26)23(16-9-14(19)13(18)8-15(16)20)10-17(24)22-12-4-2-11(3-5-12)6-7-21/h2-5,8-9H,6,10H2,1H3,(H,22,24). The number of amides is 1. The van der Waals surface area contributed by atoms with Gasteiger partial charge >= 0.3 is 0 Å². The van der Waals surface area contributed by atoms with Crippen LogP contribution in [0.15, 0.2) is 36.4 Å². The van der Waals surface area contributed by atoms with Gasteiger partial charge in [-0.05, 0) is 29.8 Å². The minimum Gasteiger partial charge on any atom is -0.325 e. The van der Waals surface area contributed by atoms with E-state index in [1.807, 2.05) is 6.07 Å². The number of carbonyl (C=O) groups excluding carboxylic acids is 1. The first-order chi connectivity index (χ1) is 12.6. The summed E-state index contributed by atoms with van der Waals surface area (Å²) in [6, 6.07) is 11.3. The Morgan fingerprint density at radius 2 is 1.70 bits per heavy atom. The molecule has 142 valence electrons. The average Bonchev–Trinajstić information content (AvgIpc) is 2.57. The van der Waals surface area contributed by atoms with Crippen LogP contribution in [0.2, 0.25) is 15.1 Å². The molecule has 0 heterocycles. The molecule has 1 N–H and O–H groups in total. The summed E-state index contributed by atoms with van der Waals surface area (Å²) in [7, 11) is -3.82. The molecule has 0 bridgehead atoms. The normalized spacial score (nSPS) is 10.9. The van der Waals surface area contributed by atoms with Crippen molar-refractivity contribution < 1.29 is 13.2 Å². The van der Waals surface area contributed by atoms with E-state index in [-0.39, 0.29) is 27.2 Å². The summed E-state index contributed by atoms with van der Waals surface area (Å²) in [4.78, 5) is 12.3. The van der Waals surface area contributed by atoms with E-state index in [1.54, 1.807) is 24.3 Å². The highest BCUT2D eigenvalue weighted by atomic mass is 35.5. The van der Waals surface area contributed by atoms with Gasteiger partial charge in [0.2, 0.25) is 15.9 Å². The van der Waals surface area contributed by atoms with Gasteiger partial charge in [0, 0.05) is 5.69 Å². The molecule has 0 atom stereocenters. The van der Waals surface area contributed by atoms with Gasteiger partial charge in [-0.15, -0.1) is 0 Å². The zero-order chi connectivity index (χ0) is 20.2. The Kier molecular flexibility index (Phi) is 6.95. The fourth-order valence-corrected chi connectivity index (χ4v) is 3.77. The van der Waals surface area contributed by atoms with Crippen molar-refractivity contribution in [1.82, 2.24) is 0 Å². The van der Waals surface area contributed by atoms with Crippen molar-refractivity contribution in [1.29, 1.82) is 5.26 Å². The third-order valence-electron chi connectivity index (χ3n) is 3.47. The van der Waals surface area contributed by atoms with Gasteiger partial charge in [0.15, 0.2) is 0 Å². The number of benzene rings is 2. The van der Waals surface area contributed by atoms with Crippen molar-refractivity contribution in [2.75, 3.05) is 22.4 Å². The molecule has 0 unspecified atom stereocenters. The maximum Gasteiger partial charge on any atom is 0.245 e. The van der Waals surface area contributed by atoms with Crippen LogP contribution >= 0.6 is 34.8 Å². The number of nitrogens with one attached hydrogen (secondary N) is 1. The summed E-state index contributed by atoms with van der Waals surface area (Å²) < 4.78 is 25.2. The van der Waals surface area contributed by atoms with Gasteiger partial charge in [-0.25, -0.2) is 8.42 Å². The minimum absolute atomic E-state index is 0.0449. The second-order valence-electron chi connectivity index (χ2n) is 5.57. The fourth-order valence-electron chi connectivity index (χ4n) is 2.21. The second kappa shape index (κ2) is 8.81. The van der Waals surface area contributed by atoms with Crippen LogP contribution in [0.5, 0.6) is 0 Å². The lowest BCUT2D eigenvalue weighted by molar-refractivity contribution is -0.114. The smallest absolute Gasteiger partial charge is 0.245 e. The molecule has 0 aromatic heterocycles. The molecule has 0 aliphatic heterocycles. The first kappa shape index (κ1) is 21.3. The van der Waals surface area contributed by atoms with Crippen LogP contribution in [-0.2, 0) is 21.2 Å². The van der Waals surface area contributed by atoms with Crippen molar-refractivity contribution >= 4 is 62.1 Å². The summed E-state index contributed by atoms with van der Waals surface area (Å²) in [6.45, 7) is -0.504. The maximum absolute atomic E-state index is 12.3. The Morgan fingerprint density at radius 3 is 2.26 bits per heavy atom. The molecule has 10 heteroatoms. The molecule has 2 aromatic carbocycles. The number of nitriles is 1. The van der Waals surface area contributed by atoms with Crippen LogP contribution in [-0.4, -0.2) is 27.1 Å². The molecule has 2 aromatic rings. The van der Waals surface area contributed by atoms with Crippen LogP contribution in [0, 0.1) is 11.3 Å². The van der Waals surface area contributed by atoms with Crippen molar-refractivity contribution in [3.8, 4) is 6.07 Å². The van der Waals surface area contributed by atoms with Gasteiger partial charge in [-0.1, -0.05) is 46.9 Å². The van der Waals surface area contributed by atoms with E-state index in [1.165, 1.54) is 12.1 Å². The van der Waals surface area contributed by atoms with E-state index in [2.05, 4.69) is 5.32 Å². The number of nitrogens with zero attached hydrogens (tertiary/aromatic N) is 2. The van der Waals surface area contributed by atoms with E-state index >= 15 is 0 Å². The quantitative estimate of drug-likeness (QED) is 0.676. The van der Waals surface area contributed by atoms with Crippen molar-refractivity contribution in [2.45, 2.75) is 6.42 Å². The Morgan fingerprint density at radius 1 is 1.11 bits per heavy atom. The highest BCUT2D eigenvalue weighted by molar-refractivity contribution is 7.92. The number of rotatable bonds is 6. The molecule has 0 spiro atoms. The number of hydrogen-bond acceptors (Lipinski definition) is 4. The molecule has 0 aliphatic rings. The monoisotopic (exact) mass is 445 g/mol. The van der Waals surface area contributed by atoms with Crippen LogP contribution in [0.25, 0.3) is 0 Å². The highest BCUT2D eigenvalue weighted by Crippen LogP contribution is 2.35. The minimum atomic E-state index is -3.82. The molecule has 27 heavy (non-hydrogen) atoms. The van der Waals surface area contributed by atoms with E-state index in [4.69, 9.17) is 40.1 Å². The number of sulfonamides is 1. The highest BCUT2D eigenvalue weighted by Gasteiger charge is 2.24. The molecule has 0 fully saturated rings. The lowest BCUT2D eigenvalue weighted by Gasteiger charge is -2.23. The average molecular weight is 447 g/mol. The molecule has 0 saturated heterocycles. The Labute approximate surface area is 172 Å². The van der Waals surface area contributed by atoms with Gasteiger partial charge in [0.25, 0.3) is 0 Å². The molecule has 0 aliphatic carbocycles. The van der Waals surface area contributed by atoms with Gasteiger partial charge in [-0.2, -0.15) is 5.26 Å².